The third-order valence-corrected chi connectivity index (χ3v) is 3.08. The molecule has 0 spiro atoms. The Morgan fingerprint density at radius 3 is 1.61 bits per heavy atom. The van der Waals surface area contributed by atoms with E-state index in [9.17, 15) is 9.59 Å². The molecule has 0 atom stereocenters. The first-order chi connectivity index (χ1) is 11.1. The number of aryl methyl sites for hydroxylation is 2. The van der Waals surface area contributed by atoms with Crippen molar-refractivity contribution in [3.8, 4) is 0 Å². The topological polar surface area (TPSA) is 88.1 Å². The molecule has 0 aromatic carbocycles. The summed E-state index contributed by atoms with van der Waals surface area (Å²) in [5, 5.41) is 0. The second-order valence-corrected chi connectivity index (χ2v) is 4.67. The molecule has 0 fully saturated rings. The Morgan fingerprint density at radius 2 is 1.26 bits per heavy atom. The van der Waals surface area contributed by atoms with Gasteiger partial charge in [0.25, 0.3) is 0 Å². The third-order valence-electron chi connectivity index (χ3n) is 3.08. The van der Waals surface area contributed by atoms with Gasteiger partial charge in [-0.25, -0.2) is 9.59 Å². The molecule has 7 nitrogen and oxygen atoms in total. The zero-order chi connectivity index (χ0) is 16.7. The summed E-state index contributed by atoms with van der Waals surface area (Å²) in [6, 6.07) is 3.10. The Bertz CT molecular complexity index is 597. The maximum absolute atomic E-state index is 11.7. The average molecular weight is 322 g/mol. The van der Waals surface area contributed by atoms with Crippen LogP contribution in [0.5, 0.6) is 0 Å². The summed E-state index contributed by atoms with van der Waals surface area (Å²) in [7, 11) is 0. The minimum absolute atomic E-state index is 0.109. The van der Waals surface area contributed by atoms with Crippen molar-refractivity contribution >= 4 is 11.9 Å². The normalized spacial score (nSPS) is 10.5. The number of rotatable bonds is 8. The summed E-state index contributed by atoms with van der Waals surface area (Å²) in [6.07, 6.45) is 2.86. The van der Waals surface area contributed by atoms with E-state index < -0.39 is 11.9 Å². The minimum atomic E-state index is -0.457. The zero-order valence-corrected chi connectivity index (χ0v) is 13.0. The van der Waals surface area contributed by atoms with E-state index in [4.69, 9.17) is 23.0 Å². The first kappa shape index (κ1) is 16.8. The fourth-order valence-electron chi connectivity index (χ4n) is 1.84. The molecule has 0 bridgehead atoms. The van der Waals surface area contributed by atoms with Crippen LogP contribution in [0, 0.1) is 13.8 Å². The monoisotopic (exact) mass is 322 g/mol. The molecule has 2 rings (SSSR count). The molecule has 2 aromatic rings. The van der Waals surface area contributed by atoms with Crippen LogP contribution in [-0.4, -0.2) is 38.4 Å². The van der Waals surface area contributed by atoms with Gasteiger partial charge in [-0.3, -0.25) is 0 Å². The molecule has 0 unspecified atom stereocenters. The molecule has 0 aliphatic carbocycles. The van der Waals surface area contributed by atoms with Crippen molar-refractivity contribution in [1.82, 2.24) is 0 Å². The molecule has 0 saturated carbocycles. The zero-order valence-electron chi connectivity index (χ0n) is 13.0. The minimum Gasteiger partial charge on any atom is -0.469 e. The molecule has 124 valence electrons. The predicted octanol–water partition coefficient (Wildman–Crippen LogP) is 2.52. The van der Waals surface area contributed by atoms with Crippen molar-refractivity contribution in [2.24, 2.45) is 0 Å². The molecule has 0 aliphatic heterocycles. The van der Waals surface area contributed by atoms with Gasteiger partial charge in [0.05, 0.1) is 25.7 Å². The second kappa shape index (κ2) is 8.19. The van der Waals surface area contributed by atoms with E-state index in [-0.39, 0.29) is 26.4 Å². The van der Waals surface area contributed by atoms with E-state index in [1.165, 1.54) is 12.5 Å². The van der Waals surface area contributed by atoms with Gasteiger partial charge in [-0.1, -0.05) is 0 Å². The van der Waals surface area contributed by atoms with E-state index in [1.54, 1.807) is 26.0 Å². The van der Waals surface area contributed by atoms with Crippen molar-refractivity contribution < 1.29 is 32.6 Å². The number of esters is 2. The fourth-order valence-corrected chi connectivity index (χ4v) is 1.84. The molecular weight excluding hydrogens is 304 g/mol. The van der Waals surface area contributed by atoms with E-state index in [0.717, 1.165) is 0 Å². The highest BCUT2D eigenvalue weighted by Gasteiger charge is 2.13. The largest absolute Gasteiger partial charge is 0.469 e. The molecular formula is C16H18O7. The molecule has 23 heavy (non-hydrogen) atoms. The maximum atomic E-state index is 11.7. The van der Waals surface area contributed by atoms with Gasteiger partial charge < -0.3 is 23.0 Å². The van der Waals surface area contributed by atoms with Crippen molar-refractivity contribution in [3.63, 3.8) is 0 Å². The lowest BCUT2D eigenvalue weighted by Crippen LogP contribution is -2.15. The van der Waals surface area contributed by atoms with Crippen LogP contribution >= 0.6 is 0 Å². The maximum Gasteiger partial charge on any atom is 0.341 e. The lowest BCUT2D eigenvalue weighted by molar-refractivity contribution is 0.0150. The Balaban J connectivity index is 1.55. The first-order valence-electron chi connectivity index (χ1n) is 7.09. The van der Waals surface area contributed by atoms with Crippen molar-refractivity contribution in [1.29, 1.82) is 0 Å². The summed E-state index contributed by atoms with van der Waals surface area (Å²) in [6.45, 7) is 4.01. The summed E-state index contributed by atoms with van der Waals surface area (Å²) < 4.78 is 25.3. The van der Waals surface area contributed by atoms with Crippen LogP contribution in [0.25, 0.3) is 0 Å². The van der Waals surface area contributed by atoms with E-state index in [1.807, 2.05) is 0 Å². The second-order valence-electron chi connectivity index (χ2n) is 4.67. The SMILES string of the molecule is Cc1occc1C(=O)OCCOCCOC(=O)c1ccoc1C. The molecule has 0 radical (unpaired) electrons. The van der Waals surface area contributed by atoms with Gasteiger partial charge in [0.15, 0.2) is 0 Å². The predicted molar refractivity (Wildman–Crippen MR) is 78.3 cm³/mol. The quantitative estimate of drug-likeness (QED) is 0.545. The third kappa shape index (κ3) is 4.72. The lowest BCUT2D eigenvalue weighted by Gasteiger charge is -2.06. The molecule has 2 aromatic heterocycles. The number of hydrogen-bond acceptors (Lipinski definition) is 7. The van der Waals surface area contributed by atoms with Crippen LogP contribution in [-0.2, 0) is 14.2 Å². The first-order valence-corrected chi connectivity index (χ1v) is 7.09. The van der Waals surface area contributed by atoms with Crippen LogP contribution in [0.3, 0.4) is 0 Å². The van der Waals surface area contributed by atoms with E-state index in [0.29, 0.717) is 22.6 Å². The van der Waals surface area contributed by atoms with Gasteiger partial charge in [0.2, 0.25) is 0 Å². The number of furan rings is 2. The summed E-state index contributed by atoms with van der Waals surface area (Å²) in [5.74, 6) is 0.109. The molecule has 0 amide bonds. The van der Waals surface area contributed by atoms with Crippen molar-refractivity contribution in [3.05, 3.63) is 47.3 Å². The summed E-state index contributed by atoms with van der Waals surface area (Å²) in [5.41, 5.74) is 0.795. The van der Waals surface area contributed by atoms with Crippen LogP contribution in [0.2, 0.25) is 0 Å². The number of carbonyl (C=O) groups is 2. The molecule has 0 aliphatic rings. The van der Waals surface area contributed by atoms with Crippen molar-refractivity contribution in [2.45, 2.75) is 13.8 Å². The summed E-state index contributed by atoms with van der Waals surface area (Å²) >= 11 is 0. The molecule has 0 saturated heterocycles. The van der Waals surface area contributed by atoms with Gasteiger partial charge in [-0.05, 0) is 26.0 Å². The highest BCUT2D eigenvalue weighted by atomic mass is 16.6. The smallest absolute Gasteiger partial charge is 0.341 e. The average Bonchev–Trinajstić information content (AvgIpc) is 3.14. The lowest BCUT2D eigenvalue weighted by atomic mass is 10.3. The van der Waals surface area contributed by atoms with Gasteiger partial charge in [0, 0.05) is 0 Å². The van der Waals surface area contributed by atoms with Crippen LogP contribution in [0.1, 0.15) is 32.2 Å². The van der Waals surface area contributed by atoms with Crippen LogP contribution in [0.4, 0.5) is 0 Å². The highest BCUT2D eigenvalue weighted by Crippen LogP contribution is 2.10. The van der Waals surface area contributed by atoms with Crippen LogP contribution in [0.15, 0.2) is 33.5 Å². The van der Waals surface area contributed by atoms with Gasteiger partial charge in [-0.15, -0.1) is 0 Å². The Labute approximate surface area is 133 Å². The number of ether oxygens (including phenoxy) is 3. The highest BCUT2D eigenvalue weighted by molar-refractivity contribution is 5.90. The van der Waals surface area contributed by atoms with Gasteiger partial charge in [-0.2, -0.15) is 0 Å². The number of carbonyl (C=O) groups excluding carboxylic acids is 2. The molecule has 2 heterocycles. The Morgan fingerprint density at radius 1 is 0.826 bits per heavy atom. The molecule has 7 heteroatoms. The number of hydrogen-bond donors (Lipinski definition) is 0. The fraction of sp³-hybridized carbons (Fsp3) is 0.375. The Hall–Kier alpha value is -2.54. The standard InChI is InChI=1S/C16H18O7/c1-11-13(3-5-20-11)15(17)22-9-7-19-8-10-23-16(18)14-4-6-21-12(14)2/h3-6H,7-10H2,1-2H3. The van der Waals surface area contributed by atoms with Crippen molar-refractivity contribution in [2.75, 3.05) is 26.4 Å². The van der Waals surface area contributed by atoms with E-state index >= 15 is 0 Å². The Kier molecular flexibility index (Phi) is 5.99. The van der Waals surface area contributed by atoms with E-state index in [2.05, 4.69) is 0 Å². The van der Waals surface area contributed by atoms with Gasteiger partial charge in [0.1, 0.15) is 35.9 Å². The van der Waals surface area contributed by atoms with Gasteiger partial charge >= 0.3 is 11.9 Å². The summed E-state index contributed by atoms with van der Waals surface area (Å²) in [4.78, 5) is 23.3. The molecule has 0 N–H and O–H groups in total. The van der Waals surface area contributed by atoms with Crippen LogP contribution < -0.4 is 0 Å².